The molecule has 0 N–H and O–H groups in total. The Morgan fingerprint density at radius 2 is 1.76 bits per heavy atom. The van der Waals surface area contributed by atoms with Gasteiger partial charge in [-0.2, -0.15) is 0 Å². The molecule has 0 atom stereocenters. The van der Waals surface area contributed by atoms with Gasteiger partial charge in [0, 0.05) is 50.0 Å². The monoisotopic (exact) mass is 340 g/mol. The summed E-state index contributed by atoms with van der Waals surface area (Å²) in [6, 6.07) is 10.4. The fraction of sp³-hybridized carbons (Fsp3) is 0.500. The van der Waals surface area contributed by atoms with Crippen LogP contribution >= 0.6 is 0 Å². The topological polar surface area (TPSA) is 41.5 Å². The van der Waals surface area contributed by atoms with E-state index in [4.69, 9.17) is 4.74 Å². The summed E-state index contributed by atoms with van der Waals surface area (Å²) in [5, 5.41) is 0. The van der Waals surface area contributed by atoms with Crippen molar-refractivity contribution < 1.29 is 4.74 Å². The maximum absolute atomic E-state index is 5.95. The van der Waals surface area contributed by atoms with E-state index in [1.165, 1.54) is 5.56 Å². The summed E-state index contributed by atoms with van der Waals surface area (Å²) in [4.78, 5) is 13.8. The first kappa shape index (κ1) is 17.7. The van der Waals surface area contributed by atoms with E-state index >= 15 is 0 Å². The lowest BCUT2D eigenvalue weighted by atomic mass is 10.1. The molecule has 0 saturated carbocycles. The Morgan fingerprint density at radius 3 is 2.44 bits per heavy atom. The van der Waals surface area contributed by atoms with Gasteiger partial charge < -0.3 is 9.64 Å². The first-order valence-electron chi connectivity index (χ1n) is 9.05. The Morgan fingerprint density at radius 1 is 1.04 bits per heavy atom. The quantitative estimate of drug-likeness (QED) is 0.836. The standard InChI is InChI=1S/C20H28N4O/c1-15(2)25-19-8-6-5-7-18(19)14-23-9-11-24(12-10-23)20-13-16(3)21-17(4)22-20/h5-8,13,15H,9-12,14H2,1-4H3. The molecule has 1 aliphatic rings. The van der Waals surface area contributed by atoms with Crippen molar-refractivity contribution in [2.45, 2.75) is 40.3 Å². The second-order valence-electron chi connectivity index (χ2n) is 6.95. The number of piperazine rings is 1. The number of aryl methyl sites for hydroxylation is 2. The number of nitrogens with zero attached hydrogens (tertiary/aromatic N) is 4. The number of ether oxygens (including phenoxy) is 1. The third-order valence-corrected chi connectivity index (χ3v) is 4.38. The van der Waals surface area contributed by atoms with Gasteiger partial charge in [0.05, 0.1) is 6.10 Å². The predicted molar refractivity (Wildman–Crippen MR) is 101 cm³/mol. The minimum absolute atomic E-state index is 0.197. The molecule has 0 spiro atoms. The molecule has 1 aromatic carbocycles. The SMILES string of the molecule is Cc1cc(N2CCN(Cc3ccccc3OC(C)C)CC2)nc(C)n1. The predicted octanol–water partition coefficient (Wildman–Crippen LogP) is 3.20. The van der Waals surface area contributed by atoms with E-state index in [0.717, 1.165) is 55.8 Å². The molecule has 0 radical (unpaired) electrons. The van der Waals surface area contributed by atoms with Crippen LogP contribution in [0.25, 0.3) is 0 Å². The number of rotatable bonds is 5. The fourth-order valence-electron chi connectivity index (χ4n) is 3.24. The van der Waals surface area contributed by atoms with Crippen LogP contribution in [0.3, 0.4) is 0 Å². The second-order valence-corrected chi connectivity index (χ2v) is 6.95. The molecule has 1 fully saturated rings. The van der Waals surface area contributed by atoms with Crippen LogP contribution < -0.4 is 9.64 Å². The van der Waals surface area contributed by atoms with Crippen molar-refractivity contribution in [1.29, 1.82) is 0 Å². The summed E-state index contributed by atoms with van der Waals surface area (Å²) in [6.07, 6.45) is 0.197. The van der Waals surface area contributed by atoms with Gasteiger partial charge >= 0.3 is 0 Å². The minimum atomic E-state index is 0.197. The number of benzene rings is 1. The molecule has 1 saturated heterocycles. The third kappa shape index (κ3) is 4.69. The Kier molecular flexibility index (Phi) is 5.53. The van der Waals surface area contributed by atoms with Crippen molar-refractivity contribution in [2.75, 3.05) is 31.1 Å². The molecule has 0 bridgehead atoms. The average molecular weight is 340 g/mol. The molecule has 2 aromatic rings. The van der Waals surface area contributed by atoms with Crippen molar-refractivity contribution in [3.05, 3.63) is 47.4 Å². The normalized spacial score (nSPS) is 15.6. The van der Waals surface area contributed by atoms with E-state index in [-0.39, 0.29) is 6.10 Å². The van der Waals surface area contributed by atoms with Gasteiger partial charge in [0.25, 0.3) is 0 Å². The van der Waals surface area contributed by atoms with Crippen molar-refractivity contribution in [1.82, 2.24) is 14.9 Å². The maximum atomic E-state index is 5.95. The summed E-state index contributed by atoms with van der Waals surface area (Å²) in [7, 11) is 0. The smallest absolute Gasteiger partial charge is 0.132 e. The van der Waals surface area contributed by atoms with Crippen LogP contribution in [-0.2, 0) is 6.54 Å². The van der Waals surface area contributed by atoms with Gasteiger partial charge in [-0.25, -0.2) is 9.97 Å². The lowest BCUT2D eigenvalue weighted by Gasteiger charge is -2.35. The molecule has 3 rings (SSSR count). The largest absolute Gasteiger partial charge is 0.491 e. The van der Waals surface area contributed by atoms with Gasteiger partial charge in [0.2, 0.25) is 0 Å². The Labute approximate surface area is 150 Å². The number of hydrogen-bond acceptors (Lipinski definition) is 5. The first-order valence-corrected chi connectivity index (χ1v) is 9.05. The Bertz CT molecular complexity index is 688. The maximum Gasteiger partial charge on any atom is 0.132 e. The van der Waals surface area contributed by atoms with Gasteiger partial charge in [0.15, 0.2) is 0 Å². The zero-order valence-corrected chi connectivity index (χ0v) is 15.7. The van der Waals surface area contributed by atoms with Crippen LogP contribution in [0.1, 0.15) is 30.9 Å². The summed E-state index contributed by atoms with van der Waals surface area (Å²) in [5.41, 5.74) is 2.29. The number of para-hydroxylation sites is 1. The van der Waals surface area contributed by atoms with Gasteiger partial charge in [-0.1, -0.05) is 18.2 Å². The van der Waals surface area contributed by atoms with E-state index in [1.807, 2.05) is 19.9 Å². The molecule has 0 aliphatic carbocycles. The van der Waals surface area contributed by atoms with Crippen molar-refractivity contribution in [3.63, 3.8) is 0 Å². The lowest BCUT2D eigenvalue weighted by molar-refractivity contribution is 0.221. The highest BCUT2D eigenvalue weighted by Gasteiger charge is 2.20. The number of anilines is 1. The van der Waals surface area contributed by atoms with Gasteiger partial charge in [-0.05, 0) is 33.8 Å². The van der Waals surface area contributed by atoms with Crippen molar-refractivity contribution in [3.8, 4) is 5.75 Å². The van der Waals surface area contributed by atoms with E-state index in [2.05, 4.69) is 57.9 Å². The van der Waals surface area contributed by atoms with Crippen LogP contribution in [0.4, 0.5) is 5.82 Å². The van der Waals surface area contributed by atoms with Crippen LogP contribution in [-0.4, -0.2) is 47.2 Å². The first-order chi connectivity index (χ1) is 12.0. The molecule has 1 aliphatic heterocycles. The molecule has 5 heteroatoms. The van der Waals surface area contributed by atoms with Crippen LogP contribution in [0.5, 0.6) is 5.75 Å². The second kappa shape index (κ2) is 7.83. The molecule has 25 heavy (non-hydrogen) atoms. The highest BCUT2D eigenvalue weighted by molar-refractivity contribution is 5.40. The molecule has 1 aromatic heterocycles. The fourth-order valence-corrected chi connectivity index (χ4v) is 3.24. The minimum Gasteiger partial charge on any atom is -0.491 e. The molecular formula is C20H28N4O. The molecule has 134 valence electrons. The summed E-state index contributed by atoms with van der Waals surface area (Å²) in [6.45, 7) is 13.1. The summed E-state index contributed by atoms with van der Waals surface area (Å²) >= 11 is 0. The summed E-state index contributed by atoms with van der Waals surface area (Å²) < 4.78 is 5.95. The molecule has 2 heterocycles. The highest BCUT2D eigenvalue weighted by Crippen LogP contribution is 2.22. The summed E-state index contributed by atoms with van der Waals surface area (Å²) in [5.74, 6) is 2.90. The average Bonchev–Trinajstić information content (AvgIpc) is 2.56. The van der Waals surface area contributed by atoms with Gasteiger partial charge in [-0.15, -0.1) is 0 Å². The highest BCUT2D eigenvalue weighted by atomic mass is 16.5. The van der Waals surface area contributed by atoms with Crippen molar-refractivity contribution in [2.24, 2.45) is 0 Å². The zero-order valence-electron chi connectivity index (χ0n) is 15.7. The van der Waals surface area contributed by atoms with Crippen LogP contribution in [0.2, 0.25) is 0 Å². The van der Waals surface area contributed by atoms with Gasteiger partial charge in [0.1, 0.15) is 17.4 Å². The van der Waals surface area contributed by atoms with Crippen LogP contribution in [0.15, 0.2) is 30.3 Å². The van der Waals surface area contributed by atoms with Crippen molar-refractivity contribution >= 4 is 5.82 Å². The number of hydrogen-bond donors (Lipinski definition) is 0. The Hall–Kier alpha value is -2.14. The lowest BCUT2D eigenvalue weighted by Crippen LogP contribution is -2.46. The molecule has 0 unspecified atom stereocenters. The van der Waals surface area contributed by atoms with Crippen LogP contribution in [0, 0.1) is 13.8 Å². The molecule has 0 amide bonds. The van der Waals surface area contributed by atoms with E-state index in [0.29, 0.717) is 0 Å². The molecule has 5 nitrogen and oxygen atoms in total. The van der Waals surface area contributed by atoms with E-state index < -0.39 is 0 Å². The zero-order chi connectivity index (χ0) is 17.8. The molecular weight excluding hydrogens is 312 g/mol. The third-order valence-electron chi connectivity index (χ3n) is 4.38. The van der Waals surface area contributed by atoms with E-state index in [9.17, 15) is 0 Å². The number of aromatic nitrogens is 2. The van der Waals surface area contributed by atoms with Gasteiger partial charge in [-0.3, -0.25) is 4.90 Å². The van der Waals surface area contributed by atoms with E-state index in [1.54, 1.807) is 0 Å². The Balaban J connectivity index is 1.61.